The lowest BCUT2D eigenvalue weighted by Crippen LogP contribution is -2.53. The number of rotatable bonds is 12. The van der Waals surface area contributed by atoms with Crippen LogP contribution < -0.4 is 10.6 Å². The van der Waals surface area contributed by atoms with E-state index in [1.165, 1.54) is 0 Å². The Morgan fingerprint density at radius 3 is 2.38 bits per heavy atom. The molecule has 2 aromatic carbocycles. The number of hydrogen-bond donors (Lipinski definition) is 2. The standard InChI is InChI=1S/C36H43Cl2N5O5/c1-2-7-29(33(45)35(47)39-25-12-13-25)40-34(46)31-20-36(19-30(41-48-36)24-8-4-3-5-9-24)22-43(31)32(44)18-23-14-16-42(17-15-23)21-26-27(37)10-6-11-28(26)38/h3-6,8-11,23,25,29,31H,2,7,12-22H2,1H3,(H,39,47)(H,40,46)/t29-,31-,36?/m0/s1. The van der Waals surface area contributed by atoms with Gasteiger partial charge in [0.05, 0.1) is 18.3 Å². The highest BCUT2D eigenvalue weighted by Gasteiger charge is 2.54. The van der Waals surface area contributed by atoms with E-state index in [2.05, 4.69) is 20.7 Å². The van der Waals surface area contributed by atoms with Gasteiger partial charge in [0.1, 0.15) is 6.04 Å². The van der Waals surface area contributed by atoms with Crippen LogP contribution in [0.15, 0.2) is 53.7 Å². The van der Waals surface area contributed by atoms with Gasteiger partial charge in [0.25, 0.3) is 5.91 Å². The van der Waals surface area contributed by atoms with Crippen LogP contribution in [-0.4, -0.2) is 82.4 Å². The zero-order chi connectivity index (χ0) is 33.8. The van der Waals surface area contributed by atoms with Crippen molar-refractivity contribution >= 4 is 52.4 Å². The molecule has 256 valence electrons. The maximum absolute atomic E-state index is 14.0. The normalized spacial score (nSPS) is 23.4. The number of oxime groups is 1. The molecule has 1 aliphatic carbocycles. The van der Waals surface area contributed by atoms with E-state index in [1.807, 2.05) is 55.5 Å². The van der Waals surface area contributed by atoms with Gasteiger partial charge in [-0.15, -0.1) is 0 Å². The molecule has 3 fully saturated rings. The third kappa shape index (κ3) is 8.04. The first-order valence-electron chi connectivity index (χ1n) is 17.0. The molecule has 0 aromatic heterocycles. The summed E-state index contributed by atoms with van der Waals surface area (Å²) in [6.45, 7) is 4.35. The Balaban J connectivity index is 1.13. The van der Waals surface area contributed by atoms with Crippen LogP contribution in [0.25, 0.3) is 0 Å². The second-order valence-electron chi connectivity index (χ2n) is 13.7. The third-order valence-electron chi connectivity index (χ3n) is 9.93. The molecule has 3 amide bonds. The number of amides is 3. The summed E-state index contributed by atoms with van der Waals surface area (Å²) in [7, 11) is 0. The summed E-state index contributed by atoms with van der Waals surface area (Å²) in [4.78, 5) is 63.7. The molecule has 1 unspecified atom stereocenters. The van der Waals surface area contributed by atoms with E-state index in [-0.39, 0.29) is 30.8 Å². The number of carbonyl (C=O) groups is 4. The highest BCUT2D eigenvalue weighted by Crippen LogP contribution is 2.40. The Bertz CT molecular complexity index is 1540. The van der Waals surface area contributed by atoms with Gasteiger partial charge >= 0.3 is 0 Å². The SMILES string of the molecule is CCC[C@H](NC(=O)[C@@H]1CC2(CC(c3ccccc3)=NO2)CN1C(=O)CC1CCN(Cc2c(Cl)cccc2Cl)CC1)C(=O)C(=O)NC1CC1. The lowest BCUT2D eigenvalue weighted by atomic mass is 9.91. The van der Waals surface area contributed by atoms with E-state index < -0.39 is 35.3 Å². The van der Waals surface area contributed by atoms with Gasteiger partial charge in [-0.25, -0.2) is 0 Å². The maximum atomic E-state index is 14.0. The van der Waals surface area contributed by atoms with Crippen molar-refractivity contribution in [2.45, 2.75) is 95.0 Å². The fraction of sp³-hybridized carbons (Fsp3) is 0.528. The van der Waals surface area contributed by atoms with Crippen molar-refractivity contribution in [1.29, 1.82) is 0 Å². The molecule has 6 rings (SSSR count). The van der Waals surface area contributed by atoms with Crippen molar-refractivity contribution < 1.29 is 24.0 Å². The van der Waals surface area contributed by atoms with Crippen LogP contribution in [0.5, 0.6) is 0 Å². The van der Waals surface area contributed by atoms with Crippen molar-refractivity contribution in [3.8, 4) is 0 Å². The van der Waals surface area contributed by atoms with Gasteiger partial charge in [0.2, 0.25) is 17.6 Å². The lowest BCUT2D eigenvalue weighted by molar-refractivity contribution is -0.142. The van der Waals surface area contributed by atoms with Crippen molar-refractivity contribution in [1.82, 2.24) is 20.4 Å². The Morgan fingerprint density at radius 2 is 1.71 bits per heavy atom. The highest BCUT2D eigenvalue weighted by atomic mass is 35.5. The minimum absolute atomic E-state index is 0.0290. The molecule has 3 aliphatic heterocycles. The molecule has 3 atom stereocenters. The van der Waals surface area contributed by atoms with Crippen molar-refractivity contribution in [2.75, 3.05) is 19.6 Å². The summed E-state index contributed by atoms with van der Waals surface area (Å²) >= 11 is 12.8. The number of piperidine rings is 1. The minimum atomic E-state index is -0.966. The molecular formula is C36H43Cl2N5O5. The van der Waals surface area contributed by atoms with Crippen molar-refractivity contribution in [2.24, 2.45) is 11.1 Å². The Kier molecular flexibility index (Phi) is 10.7. The Hall–Kier alpha value is -3.47. The topological polar surface area (TPSA) is 120 Å². The second-order valence-corrected chi connectivity index (χ2v) is 14.5. The molecule has 4 aliphatic rings. The van der Waals surface area contributed by atoms with Crippen LogP contribution in [0.2, 0.25) is 10.0 Å². The van der Waals surface area contributed by atoms with E-state index in [4.69, 9.17) is 28.0 Å². The Morgan fingerprint density at radius 1 is 1.00 bits per heavy atom. The van der Waals surface area contributed by atoms with Crippen LogP contribution in [0.3, 0.4) is 0 Å². The molecule has 1 saturated carbocycles. The molecule has 1 spiro atoms. The Labute approximate surface area is 291 Å². The summed E-state index contributed by atoms with van der Waals surface area (Å²) in [5, 5.41) is 11.3. The first-order valence-corrected chi connectivity index (χ1v) is 17.8. The van der Waals surface area contributed by atoms with Gasteiger partial charge in [-0.2, -0.15) is 0 Å². The number of ketones is 1. The molecule has 2 saturated heterocycles. The predicted octanol–water partition coefficient (Wildman–Crippen LogP) is 4.89. The smallest absolute Gasteiger partial charge is 0.289 e. The van der Waals surface area contributed by atoms with Crippen LogP contribution in [0, 0.1) is 5.92 Å². The number of carbonyl (C=O) groups excluding carboxylic acids is 4. The quantitative estimate of drug-likeness (QED) is 0.305. The third-order valence-corrected chi connectivity index (χ3v) is 10.6. The number of nitrogens with zero attached hydrogens (tertiary/aromatic N) is 3. The summed E-state index contributed by atoms with van der Waals surface area (Å²) in [6, 6.07) is 13.4. The molecule has 2 aromatic rings. The van der Waals surface area contributed by atoms with Gasteiger partial charge in [0.15, 0.2) is 5.60 Å². The number of hydrogen-bond acceptors (Lipinski definition) is 7. The molecule has 0 radical (unpaired) electrons. The minimum Gasteiger partial charge on any atom is -0.387 e. The molecule has 48 heavy (non-hydrogen) atoms. The molecule has 3 heterocycles. The average Bonchev–Trinajstić information content (AvgIpc) is 3.68. The molecule has 2 N–H and O–H groups in total. The zero-order valence-corrected chi connectivity index (χ0v) is 28.8. The second kappa shape index (κ2) is 15.0. The predicted molar refractivity (Wildman–Crippen MR) is 184 cm³/mol. The molecule has 12 heteroatoms. The summed E-state index contributed by atoms with van der Waals surface area (Å²) in [6.07, 6.45) is 5.27. The van der Waals surface area contributed by atoms with Crippen LogP contribution >= 0.6 is 23.2 Å². The average molecular weight is 697 g/mol. The van der Waals surface area contributed by atoms with Gasteiger partial charge in [-0.3, -0.25) is 24.1 Å². The monoisotopic (exact) mass is 695 g/mol. The number of nitrogens with one attached hydrogen (secondary N) is 2. The maximum Gasteiger partial charge on any atom is 0.289 e. The van der Waals surface area contributed by atoms with E-state index in [1.54, 1.807) is 4.90 Å². The fourth-order valence-electron chi connectivity index (χ4n) is 7.03. The highest BCUT2D eigenvalue weighted by molar-refractivity contribution is 6.38. The number of benzene rings is 2. The first kappa shape index (κ1) is 34.4. The van der Waals surface area contributed by atoms with Crippen molar-refractivity contribution in [3.05, 3.63) is 69.7 Å². The van der Waals surface area contributed by atoms with E-state index in [0.29, 0.717) is 42.3 Å². The van der Waals surface area contributed by atoms with Crippen LogP contribution in [0.4, 0.5) is 0 Å². The van der Waals surface area contributed by atoms with Gasteiger partial charge < -0.3 is 20.4 Å². The van der Waals surface area contributed by atoms with Gasteiger partial charge in [0, 0.05) is 47.5 Å². The van der Waals surface area contributed by atoms with Crippen molar-refractivity contribution in [3.63, 3.8) is 0 Å². The fourth-order valence-corrected chi connectivity index (χ4v) is 7.55. The number of Topliss-reactive ketones (excluding diaryl/α,β-unsaturated/α-hetero) is 1. The van der Waals surface area contributed by atoms with E-state index in [0.717, 1.165) is 55.6 Å². The van der Waals surface area contributed by atoms with Crippen LogP contribution in [-0.2, 0) is 30.6 Å². The molecule has 10 nitrogen and oxygen atoms in total. The number of likely N-dealkylation sites (tertiary alicyclic amines) is 2. The molecular weight excluding hydrogens is 653 g/mol. The van der Waals surface area contributed by atoms with Gasteiger partial charge in [-0.1, -0.05) is 78.1 Å². The number of halogens is 2. The van der Waals surface area contributed by atoms with E-state index in [9.17, 15) is 19.2 Å². The van der Waals surface area contributed by atoms with Crippen LogP contribution in [0.1, 0.15) is 75.8 Å². The largest absolute Gasteiger partial charge is 0.387 e. The first-order chi connectivity index (χ1) is 23.1. The van der Waals surface area contributed by atoms with E-state index >= 15 is 0 Å². The summed E-state index contributed by atoms with van der Waals surface area (Å²) in [5.41, 5.74) is 1.75. The summed E-state index contributed by atoms with van der Waals surface area (Å²) in [5.74, 6) is -1.75. The lowest BCUT2D eigenvalue weighted by Gasteiger charge is -2.33. The zero-order valence-electron chi connectivity index (χ0n) is 27.3. The summed E-state index contributed by atoms with van der Waals surface area (Å²) < 4.78 is 0. The van der Waals surface area contributed by atoms with Gasteiger partial charge in [-0.05, 0) is 68.8 Å². The molecule has 0 bridgehead atoms.